The van der Waals surface area contributed by atoms with E-state index in [1.165, 1.54) is 16.7 Å². The number of aryl methyl sites for hydroxylation is 1. The molecule has 4 aromatic rings. The minimum atomic E-state index is -3.55. The van der Waals surface area contributed by atoms with Crippen LogP contribution < -0.4 is 0 Å². The average Bonchev–Trinajstić information content (AvgIpc) is 3.43. The quantitative estimate of drug-likeness (QED) is 0.232. The lowest BCUT2D eigenvalue weighted by molar-refractivity contribution is -0.835. The maximum atomic E-state index is 13.6. The molecule has 4 aromatic carbocycles. The lowest BCUT2D eigenvalue weighted by atomic mass is 9.30. The van der Waals surface area contributed by atoms with E-state index in [4.69, 9.17) is 0 Å². The van der Waals surface area contributed by atoms with E-state index in [-0.39, 0.29) is 0 Å². The molecule has 0 aliphatic carbocycles. The number of nitrogens with zero attached hydrogens (tertiary/aromatic N) is 1. The van der Waals surface area contributed by atoms with Crippen molar-refractivity contribution in [2.75, 3.05) is 13.1 Å². The number of sulfone groups is 1. The number of fused-ring (bicyclic) bond motifs is 1. The van der Waals surface area contributed by atoms with Crippen molar-refractivity contribution < 1.29 is 12.8 Å². The van der Waals surface area contributed by atoms with Crippen molar-refractivity contribution in [1.82, 2.24) is 0 Å². The molecular formula is C34H36BNO2S. The van der Waals surface area contributed by atoms with Crippen LogP contribution in [0, 0.1) is 6.92 Å². The first-order chi connectivity index (χ1) is 18.9. The van der Waals surface area contributed by atoms with E-state index in [1.54, 1.807) is 17.5 Å². The molecule has 0 bridgehead atoms. The summed E-state index contributed by atoms with van der Waals surface area (Å²) in [7, 11) is -3.55. The van der Waals surface area contributed by atoms with E-state index in [2.05, 4.69) is 97.0 Å². The molecule has 0 aromatic heterocycles. The first-order valence-electron chi connectivity index (χ1n) is 14.1. The highest BCUT2D eigenvalue weighted by Crippen LogP contribution is 2.55. The maximum absolute atomic E-state index is 13.6. The van der Waals surface area contributed by atoms with E-state index in [9.17, 15) is 8.42 Å². The van der Waals surface area contributed by atoms with Crippen molar-refractivity contribution in [3.05, 3.63) is 149 Å². The molecule has 39 heavy (non-hydrogen) atoms. The molecule has 5 heteroatoms. The molecule has 198 valence electrons. The monoisotopic (exact) mass is 533 g/mol. The largest absolute Gasteiger partial charge is 0.507 e. The van der Waals surface area contributed by atoms with Gasteiger partial charge in [0.15, 0.2) is 9.84 Å². The predicted octanol–water partition coefficient (Wildman–Crippen LogP) is 7.38. The Balaban J connectivity index is 1.46. The highest BCUT2D eigenvalue weighted by Gasteiger charge is 2.58. The van der Waals surface area contributed by atoms with E-state index >= 15 is 0 Å². The van der Waals surface area contributed by atoms with Crippen molar-refractivity contribution in [2.24, 2.45) is 0 Å². The van der Waals surface area contributed by atoms with Crippen LogP contribution in [-0.2, 0) is 16.4 Å². The lowest BCUT2D eigenvalue weighted by Gasteiger charge is -2.51. The molecule has 0 spiro atoms. The van der Waals surface area contributed by atoms with Crippen LogP contribution >= 0.6 is 0 Å². The van der Waals surface area contributed by atoms with Gasteiger partial charge in [-0.1, -0.05) is 109 Å². The van der Waals surface area contributed by atoms with E-state index in [0.717, 1.165) is 42.2 Å². The van der Waals surface area contributed by atoms with Crippen LogP contribution in [-0.4, -0.2) is 32.2 Å². The molecule has 2 saturated heterocycles. The van der Waals surface area contributed by atoms with Crippen molar-refractivity contribution in [1.29, 1.82) is 0 Å². The van der Waals surface area contributed by atoms with Gasteiger partial charge in [0.2, 0.25) is 6.28 Å². The van der Waals surface area contributed by atoms with Gasteiger partial charge in [0.25, 0.3) is 0 Å². The summed E-state index contributed by atoms with van der Waals surface area (Å²) in [6.45, 7) is 4.95. The highest BCUT2D eigenvalue weighted by atomic mass is 32.2. The summed E-state index contributed by atoms with van der Waals surface area (Å²) in [5.74, 6) is 2.96. The number of hydrogen-bond acceptors (Lipinski definition) is 2. The van der Waals surface area contributed by atoms with Crippen LogP contribution in [0.1, 0.15) is 34.1 Å². The Kier molecular flexibility index (Phi) is 6.82. The Hall–Kier alpha value is -3.41. The Morgan fingerprint density at radius 3 is 1.72 bits per heavy atom. The highest BCUT2D eigenvalue weighted by molar-refractivity contribution is 7.94. The van der Waals surface area contributed by atoms with Gasteiger partial charge in [0.1, 0.15) is 0 Å². The number of rotatable bonds is 7. The van der Waals surface area contributed by atoms with Crippen LogP contribution in [0.5, 0.6) is 0 Å². The standard InChI is InChI=1S/C34H36BNO2S/c1-28-17-19-34(20-18-28)39(37,38)22-21-35-23-32(30-13-7-3-8-14-30)26-36(35,25-29-11-5-2-6-12-29)27-33(24-35)31-15-9-4-10-16-31/h2-22,32-33H,23-27H2,1H3/b22-21+/t32-,33-,35?,36?/m0/s1. The molecule has 3 nitrogen and oxygen atoms in total. The van der Waals surface area contributed by atoms with Gasteiger partial charge in [-0.25, -0.2) is 8.42 Å². The number of hydrogen-bond donors (Lipinski definition) is 0. The van der Waals surface area contributed by atoms with Gasteiger partial charge in [0.05, 0.1) is 11.4 Å². The average molecular weight is 534 g/mol. The molecule has 0 amide bonds. The summed E-state index contributed by atoms with van der Waals surface area (Å²) in [5, 5.41) is 1.55. The summed E-state index contributed by atoms with van der Waals surface area (Å²) in [4.78, 5) is 0.368. The fourth-order valence-electron chi connectivity index (χ4n) is 7.64. The van der Waals surface area contributed by atoms with Gasteiger partial charge < -0.3 is 4.39 Å². The van der Waals surface area contributed by atoms with Crippen molar-refractivity contribution in [3.8, 4) is 0 Å². The SMILES string of the molecule is Cc1ccc(S(=O)(=O)/C=C/[B-]23C[C@H](c4ccccc4)C[N+]2(Cc2ccccc2)C[C@@H](c2ccccc2)C3)cc1. The van der Waals surface area contributed by atoms with Crippen LogP contribution in [0.15, 0.2) is 132 Å². The van der Waals surface area contributed by atoms with Crippen LogP contribution in [0.25, 0.3) is 0 Å². The third-order valence-electron chi connectivity index (χ3n) is 9.49. The van der Waals surface area contributed by atoms with Gasteiger partial charge >= 0.3 is 0 Å². The molecule has 6 rings (SSSR count). The van der Waals surface area contributed by atoms with E-state index in [0.29, 0.717) is 16.7 Å². The summed E-state index contributed by atoms with van der Waals surface area (Å²) < 4.78 is 28.1. The molecule has 2 atom stereocenters. The molecule has 0 radical (unpaired) electrons. The summed E-state index contributed by atoms with van der Waals surface area (Å²) in [6, 6.07) is 39.6. The van der Waals surface area contributed by atoms with Crippen LogP contribution in [0.3, 0.4) is 0 Å². The van der Waals surface area contributed by atoms with Gasteiger partial charge in [0, 0.05) is 30.5 Å². The maximum Gasteiger partial charge on any atom is 0.232 e. The zero-order valence-electron chi connectivity index (χ0n) is 22.6. The summed E-state index contributed by atoms with van der Waals surface area (Å²) >= 11 is 0. The molecule has 0 unspecified atom stereocenters. The second kappa shape index (κ2) is 10.3. The lowest BCUT2D eigenvalue weighted by Crippen LogP contribution is -2.59. The van der Waals surface area contributed by atoms with Gasteiger partial charge in [-0.05, 0) is 35.6 Å². The minimum absolute atomic E-state index is 0.368. The Bertz CT molecular complexity index is 1500. The first kappa shape index (κ1) is 25.9. The zero-order valence-corrected chi connectivity index (χ0v) is 23.4. The predicted molar refractivity (Wildman–Crippen MR) is 161 cm³/mol. The summed E-state index contributed by atoms with van der Waals surface area (Å²) in [5.41, 5.74) is 5.11. The molecule has 0 N–H and O–H groups in total. The Morgan fingerprint density at radius 2 is 1.21 bits per heavy atom. The van der Waals surface area contributed by atoms with Gasteiger partial charge in [-0.2, -0.15) is 5.98 Å². The molecule has 2 heterocycles. The third kappa shape index (κ3) is 5.02. The first-order valence-corrected chi connectivity index (χ1v) is 15.6. The van der Waals surface area contributed by atoms with Crippen LogP contribution in [0.2, 0.25) is 12.6 Å². The minimum Gasteiger partial charge on any atom is -0.507 e. The molecular weight excluding hydrogens is 497 g/mol. The second-order valence-electron chi connectivity index (χ2n) is 11.9. The van der Waals surface area contributed by atoms with E-state index in [1.807, 2.05) is 19.1 Å². The van der Waals surface area contributed by atoms with Crippen molar-refractivity contribution in [2.45, 2.75) is 42.8 Å². The van der Waals surface area contributed by atoms with Gasteiger partial charge in [-0.15, -0.1) is 12.6 Å². The number of quaternary nitrogens is 1. The molecule has 2 fully saturated rings. The smallest absolute Gasteiger partial charge is 0.232 e. The molecule has 2 aliphatic rings. The molecule has 2 aliphatic heterocycles. The summed E-state index contributed by atoms with van der Waals surface area (Å²) in [6.07, 6.45) is 0.810. The van der Waals surface area contributed by atoms with Crippen molar-refractivity contribution >= 4 is 16.1 Å². The fourth-order valence-corrected chi connectivity index (χ4v) is 8.81. The zero-order chi connectivity index (χ0) is 26.9. The van der Waals surface area contributed by atoms with Gasteiger partial charge in [-0.3, -0.25) is 0 Å². The third-order valence-corrected chi connectivity index (χ3v) is 10.9. The van der Waals surface area contributed by atoms with E-state index < -0.39 is 16.1 Å². The molecule has 0 saturated carbocycles. The van der Waals surface area contributed by atoms with Crippen LogP contribution in [0.4, 0.5) is 0 Å². The topological polar surface area (TPSA) is 34.1 Å². The fraction of sp³-hybridized carbons (Fsp3) is 0.235. The normalized spacial score (nSPS) is 26.6. The Morgan fingerprint density at radius 1 is 0.718 bits per heavy atom. The second-order valence-corrected chi connectivity index (χ2v) is 13.7. The van der Waals surface area contributed by atoms with Crippen molar-refractivity contribution in [3.63, 3.8) is 0 Å². The Labute approximate surface area is 233 Å². The number of benzene rings is 4.